The van der Waals surface area contributed by atoms with E-state index in [9.17, 15) is 4.79 Å². The molecule has 1 unspecified atom stereocenters. The van der Waals surface area contributed by atoms with E-state index in [4.69, 9.17) is 0 Å². The summed E-state index contributed by atoms with van der Waals surface area (Å²) >= 11 is 1.69. The summed E-state index contributed by atoms with van der Waals surface area (Å²) in [5, 5.41) is 3.15. The van der Waals surface area contributed by atoms with Crippen molar-refractivity contribution in [1.82, 2.24) is 10.2 Å². The van der Waals surface area contributed by atoms with Crippen molar-refractivity contribution in [2.75, 3.05) is 27.2 Å². The fourth-order valence-corrected chi connectivity index (χ4v) is 3.90. The van der Waals surface area contributed by atoms with Crippen molar-refractivity contribution in [3.63, 3.8) is 0 Å². The number of rotatable bonds is 5. The first-order valence-corrected chi connectivity index (χ1v) is 7.92. The maximum Gasteiger partial charge on any atom is 0.233 e. The minimum absolute atomic E-state index is 0.0301. The predicted octanol–water partition coefficient (Wildman–Crippen LogP) is 2.41. The molecule has 1 aromatic rings. The van der Waals surface area contributed by atoms with Gasteiger partial charge in [0.25, 0.3) is 0 Å². The second kappa shape index (κ2) is 6.19. The third kappa shape index (κ3) is 4.00. The van der Waals surface area contributed by atoms with Crippen LogP contribution >= 0.6 is 11.8 Å². The Morgan fingerprint density at radius 1 is 1.40 bits per heavy atom. The third-order valence-corrected chi connectivity index (χ3v) is 4.74. The molecule has 0 spiro atoms. The summed E-state index contributed by atoms with van der Waals surface area (Å²) in [7, 11) is 4.13. The first-order valence-electron chi connectivity index (χ1n) is 7.04. The van der Waals surface area contributed by atoms with E-state index in [1.54, 1.807) is 11.8 Å². The first-order chi connectivity index (χ1) is 9.37. The average molecular weight is 292 g/mol. The Balaban J connectivity index is 1.85. The summed E-state index contributed by atoms with van der Waals surface area (Å²) < 4.78 is 0. The Labute approximate surface area is 126 Å². The fraction of sp³-hybridized carbons (Fsp3) is 0.562. The van der Waals surface area contributed by atoms with E-state index in [1.165, 1.54) is 10.5 Å². The van der Waals surface area contributed by atoms with Gasteiger partial charge in [0.2, 0.25) is 5.91 Å². The zero-order chi connectivity index (χ0) is 14.8. The maximum atomic E-state index is 12.3. The van der Waals surface area contributed by atoms with Crippen molar-refractivity contribution < 1.29 is 4.79 Å². The van der Waals surface area contributed by atoms with Gasteiger partial charge in [0, 0.05) is 18.0 Å². The zero-order valence-electron chi connectivity index (χ0n) is 12.8. The number of nitrogens with one attached hydrogen (secondary N) is 1. The molecule has 0 saturated heterocycles. The van der Waals surface area contributed by atoms with Crippen molar-refractivity contribution >= 4 is 17.7 Å². The Kier molecular flexibility index (Phi) is 4.76. The molecule has 1 N–H and O–H groups in total. The molecule has 20 heavy (non-hydrogen) atoms. The standard InChI is InChI=1S/C16H24N2OS/c1-16(2,11-18(3)4)10-17-15(19)14-9-12-7-5-6-8-13(12)20-14/h5-8,14H,9-11H2,1-4H3,(H,17,19). The molecule has 1 aliphatic rings. The van der Waals surface area contributed by atoms with E-state index < -0.39 is 0 Å². The normalized spacial score (nSPS) is 18.1. The van der Waals surface area contributed by atoms with Gasteiger partial charge in [-0.1, -0.05) is 32.0 Å². The second-order valence-corrected chi connectivity index (χ2v) is 7.78. The largest absolute Gasteiger partial charge is 0.355 e. The minimum atomic E-state index is 0.0301. The molecule has 3 nitrogen and oxygen atoms in total. The maximum absolute atomic E-state index is 12.3. The molecule has 4 heteroatoms. The van der Waals surface area contributed by atoms with Gasteiger partial charge in [0.1, 0.15) is 0 Å². The summed E-state index contributed by atoms with van der Waals surface area (Å²) in [6, 6.07) is 8.29. The highest BCUT2D eigenvalue weighted by Gasteiger charge is 2.29. The molecule has 1 heterocycles. The van der Waals surface area contributed by atoms with E-state index in [0.29, 0.717) is 0 Å². The topological polar surface area (TPSA) is 32.3 Å². The van der Waals surface area contributed by atoms with Crippen LogP contribution in [0.15, 0.2) is 29.2 Å². The van der Waals surface area contributed by atoms with Crippen LogP contribution in [0.2, 0.25) is 0 Å². The van der Waals surface area contributed by atoms with Gasteiger partial charge in [-0.2, -0.15) is 0 Å². The molecule has 2 rings (SSSR count). The van der Waals surface area contributed by atoms with Gasteiger partial charge >= 0.3 is 0 Å². The lowest BCUT2D eigenvalue weighted by Crippen LogP contribution is -2.42. The highest BCUT2D eigenvalue weighted by atomic mass is 32.2. The lowest BCUT2D eigenvalue weighted by Gasteiger charge is -2.28. The van der Waals surface area contributed by atoms with E-state index in [-0.39, 0.29) is 16.6 Å². The summed E-state index contributed by atoms with van der Waals surface area (Å²) in [5.41, 5.74) is 1.39. The number of fused-ring (bicyclic) bond motifs is 1. The van der Waals surface area contributed by atoms with Crippen LogP contribution in [0.25, 0.3) is 0 Å². The molecule has 0 bridgehead atoms. The number of hydrogen-bond donors (Lipinski definition) is 1. The SMILES string of the molecule is CN(C)CC(C)(C)CNC(=O)C1Cc2ccccc2S1. The van der Waals surface area contributed by atoms with Crippen molar-refractivity contribution in [2.45, 2.75) is 30.4 Å². The van der Waals surface area contributed by atoms with Gasteiger partial charge in [-0.15, -0.1) is 11.8 Å². The van der Waals surface area contributed by atoms with E-state index >= 15 is 0 Å². The van der Waals surface area contributed by atoms with Crippen LogP contribution < -0.4 is 5.32 Å². The number of thioether (sulfide) groups is 1. The Hall–Kier alpha value is -1.00. The minimum Gasteiger partial charge on any atom is -0.355 e. The average Bonchev–Trinajstić information content (AvgIpc) is 2.78. The predicted molar refractivity (Wildman–Crippen MR) is 85.1 cm³/mol. The molecular formula is C16H24N2OS. The zero-order valence-corrected chi connectivity index (χ0v) is 13.6. The summed E-state index contributed by atoms with van der Waals surface area (Å²) in [6.45, 7) is 6.05. The lowest BCUT2D eigenvalue weighted by molar-refractivity contribution is -0.121. The molecule has 0 radical (unpaired) electrons. The number of nitrogens with zero attached hydrogens (tertiary/aromatic N) is 1. The summed E-state index contributed by atoms with van der Waals surface area (Å²) in [4.78, 5) is 15.7. The third-order valence-electron chi connectivity index (χ3n) is 3.43. The Morgan fingerprint density at radius 3 is 2.75 bits per heavy atom. The number of benzene rings is 1. The van der Waals surface area contributed by atoms with Crippen LogP contribution in [0.5, 0.6) is 0 Å². The molecular weight excluding hydrogens is 268 g/mol. The highest BCUT2D eigenvalue weighted by molar-refractivity contribution is 8.01. The number of amides is 1. The highest BCUT2D eigenvalue weighted by Crippen LogP contribution is 2.36. The van der Waals surface area contributed by atoms with Crippen LogP contribution in [0.4, 0.5) is 0 Å². The molecule has 0 fully saturated rings. The van der Waals surface area contributed by atoms with Gasteiger partial charge in [0.15, 0.2) is 0 Å². The number of hydrogen-bond acceptors (Lipinski definition) is 3. The van der Waals surface area contributed by atoms with Crippen LogP contribution in [-0.4, -0.2) is 43.2 Å². The smallest absolute Gasteiger partial charge is 0.233 e. The van der Waals surface area contributed by atoms with Crippen LogP contribution in [0.1, 0.15) is 19.4 Å². The number of carbonyl (C=O) groups is 1. The molecule has 1 atom stereocenters. The number of carbonyl (C=O) groups excluding carboxylic acids is 1. The van der Waals surface area contributed by atoms with E-state index in [1.807, 2.05) is 12.1 Å². The molecule has 0 aromatic heterocycles. The van der Waals surface area contributed by atoms with E-state index in [0.717, 1.165) is 19.5 Å². The Bertz CT molecular complexity index is 460. The van der Waals surface area contributed by atoms with Gasteiger partial charge < -0.3 is 10.2 Å². The van der Waals surface area contributed by atoms with E-state index in [2.05, 4.69) is 50.3 Å². The molecule has 0 saturated carbocycles. The lowest BCUT2D eigenvalue weighted by atomic mass is 9.93. The fourth-order valence-electron chi connectivity index (χ4n) is 2.68. The van der Waals surface area contributed by atoms with Gasteiger partial charge in [-0.3, -0.25) is 4.79 Å². The van der Waals surface area contributed by atoms with Crippen LogP contribution in [-0.2, 0) is 11.2 Å². The first kappa shape index (κ1) is 15.4. The van der Waals surface area contributed by atoms with Crippen LogP contribution in [0.3, 0.4) is 0 Å². The van der Waals surface area contributed by atoms with Crippen molar-refractivity contribution in [1.29, 1.82) is 0 Å². The van der Waals surface area contributed by atoms with Gasteiger partial charge in [-0.05, 0) is 37.6 Å². The molecule has 1 aromatic carbocycles. The van der Waals surface area contributed by atoms with Crippen molar-refractivity contribution in [2.24, 2.45) is 5.41 Å². The quantitative estimate of drug-likeness (QED) is 0.904. The van der Waals surface area contributed by atoms with Gasteiger partial charge in [-0.25, -0.2) is 0 Å². The summed E-state index contributed by atoms with van der Waals surface area (Å²) in [5.74, 6) is 0.165. The monoisotopic (exact) mass is 292 g/mol. The van der Waals surface area contributed by atoms with Gasteiger partial charge in [0.05, 0.1) is 5.25 Å². The van der Waals surface area contributed by atoms with Crippen molar-refractivity contribution in [3.05, 3.63) is 29.8 Å². The summed E-state index contributed by atoms with van der Waals surface area (Å²) in [6.07, 6.45) is 0.848. The second-order valence-electron chi connectivity index (χ2n) is 6.54. The van der Waals surface area contributed by atoms with Crippen molar-refractivity contribution in [3.8, 4) is 0 Å². The molecule has 1 aliphatic heterocycles. The molecule has 1 amide bonds. The Morgan fingerprint density at radius 2 is 2.10 bits per heavy atom. The molecule has 110 valence electrons. The van der Waals surface area contributed by atoms with Crippen LogP contribution in [0, 0.1) is 5.41 Å². The molecule has 0 aliphatic carbocycles.